The second kappa shape index (κ2) is 2.09. The average molecular weight is 122 g/mol. The predicted octanol–water partition coefficient (Wildman–Crippen LogP) is 2.62. The van der Waals surface area contributed by atoms with Crippen LogP contribution in [0.3, 0.4) is 0 Å². The zero-order chi connectivity index (χ0) is 6.85. The highest BCUT2D eigenvalue weighted by atomic mass is 16.3. The standard InChI is InChI=1S/C8H10O/c1-6(2)8-4-5-9-7(8)3/h4-5H,1H2,2-3H3. The van der Waals surface area contributed by atoms with Crippen LogP contribution >= 0.6 is 0 Å². The van der Waals surface area contributed by atoms with Gasteiger partial charge in [-0.05, 0) is 25.5 Å². The van der Waals surface area contributed by atoms with E-state index in [1.807, 2.05) is 19.9 Å². The number of hydrogen-bond donors (Lipinski definition) is 0. The second-order valence-corrected chi connectivity index (χ2v) is 2.17. The molecule has 48 valence electrons. The minimum atomic E-state index is 0.947. The predicted molar refractivity (Wildman–Crippen MR) is 38.2 cm³/mol. The van der Waals surface area contributed by atoms with E-state index in [0.717, 1.165) is 16.9 Å². The molecule has 1 heteroatoms. The fourth-order valence-electron chi connectivity index (χ4n) is 0.828. The molecule has 0 aliphatic carbocycles. The first-order valence-electron chi connectivity index (χ1n) is 2.92. The molecule has 0 N–H and O–H groups in total. The van der Waals surface area contributed by atoms with Crippen LogP contribution in [0.4, 0.5) is 0 Å². The van der Waals surface area contributed by atoms with Crippen LogP contribution in [0.25, 0.3) is 5.57 Å². The van der Waals surface area contributed by atoms with Gasteiger partial charge in [0, 0.05) is 5.56 Å². The molecule has 9 heavy (non-hydrogen) atoms. The highest BCUT2D eigenvalue weighted by Gasteiger charge is 1.98. The molecule has 0 aromatic carbocycles. The summed E-state index contributed by atoms with van der Waals surface area (Å²) in [6.45, 7) is 7.70. The monoisotopic (exact) mass is 122 g/mol. The highest BCUT2D eigenvalue weighted by Crippen LogP contribution is 2.16. The molecular formula is C8H10O. The summed E-state index contributed by atoms with van der Waals surface area (Å²) < 4.78 is 5.06. The SMILES string of the molecule is C=C(C)c1ccoc1C. The molecule has 0 saturated heterocycles. The van der Waals surface area contributed by atoms with Crippen molar-refractivity contribution >= 4 is 5.57 Å². The van der Waals surface area contributed by atoms with Crippen molar-refractivity contribution in [3.63, 3.8) is 0 Å². The van der Waals surface area contributed by atoms with Crippen molar-refractivity contribution in [2.24, 2.45) is 0 Å². The lowest BCUT2D eigenvalue weighted by atomic mass is 10.1. The van der Waals surface area contributed by atoms with Crippen molar-refractivity contribution in [3.8, 4) is 0 Å². The first-order chi connectivity index (χ1) is 4.22. The minimum absolute atomic E-state index is 0.947. The van der Waals surface area contributed by atoms with E-state index in [1.165, 1.54) is 0 Å². The van der Waals surface area contributed by atoms with Gasteiger partial charge in [-0.25, -0.2) is 0 Å². The fraction of sp³-hybridized carbons (Fsp3) is 0.250. The molecule has 0 radical (unpaired) electrons. The second-order valence-electron chi connectivity index (χ2n) is 2.17. The summed E-state index contributed by atoms with van der Waals surface area (Å²) in [7, 11) is 0. The lowest BCUT2D eigenvalue weighted by molar-refractivity contribution is 0.533. The highest BCUT2D eigenvalue weighted by molar-refractivity contribution is 5.62. The van der Waals surface area contributed by atoms with Gasteiger partial charge in [0.05, 0.1) is 6.26 Å². The smallest absolute Gasteiger partial charge is 0.108 e. The Morgan fingerprint density at radius 1 is 1.67 bits per heavy atom. The van der Waals surface area contributed by atoms with Crippen LogP contribution in [0.15, 0.2) is 23.3 Å². The maximum atomic E-state index is 5.06. The Morgan fingerprint density at radius 2 is 2.33 bits per heavy atom. The van der Waals surface area contributed by atoms with Crippen molar-refractivity contribution < 1.29 is 4.42 Å². The molecule has 1 heterocycles. The van der Waals surface area contributed by atoms with E-state index < -0.39 is 0 Å². The molecular weight excluding hydrogens is 112 g/mol. The third kappa shape index (κ3) is 1.04. The van der Waals surface area contributed by atoms with Gasteiger partial charge in [0.2, 0.25) is 0 Å². The maximum absolute atomic E-state index is 5.06. The topological polar surface area (TPSA) is 13.1 Å². The molecule has 1 aromatic heterocycles. The summed E-state index contributed by atoms with van der Waals surface area (Å²) in [5.74, 6) is 0.947. The van der Waals surface area contributed by atoms with E-state index in [-0.39, 0.29) is 0 Å². The van der Waals surface area contributed by atoms with Gasteiger partial charge in [0.25, 0.3) is 0 Å². The molecule has 0 amide bonds. The van der Waals surface area contributed by atoms with Crippen LogP contribution in [0.5, 0.6) is 0 Å². The minimum Gasteiger partial charge on any atom is -0.469 e. The van der Waals surface area contributed by atoms with Gasteiger partial charge in [-0.15, -0.1) is 0 Å². The Morgan fingerprint density at radius 3 is 2.56 bits per heavy atom. The molecule has 0 saturated carbocycles. The Labute approximate surface area is 55.0 Å². The molecule has 0 bridgehead atoms. The Hall–Kier alpha value is -0.980. The summed E-state index contributed by atoms with van der Waals surface area (Å²) in [5.41, 5.74) is 2.18. The van der Waals surface area contributed by atoms with Gasteiger partial charge < -0.3 is 4.42 Å². The van der Waals surface area contributed by atoms with Crippen LogP contribution in [0.2, 0.25) is 0 Å². The van der Waals surface area contributed by atoms with Gasteiger partial charge in [0.1, 0.15) is 5.76 Å². The largest absolute Gasteiger partial charge is 0.469 e. The van der Waals surface area contributed by atoms with Crippen LogP contribution in [-0.2, 0) is 0 Å². The van der Waals surface area contributed by atoms with Crippen molar-refractivity contribution in [2.75, 3.05) is 0 Å². The normalized spacial score (nSPS) is 9.56. The van der Waals surface area contributed by atoms with Gasteiger partial charge >= 0.3 is 0 Å². The lowest BCUT2D eigenvalue weighted by Crippen LogP contribution is -1.74. The molecule has 1 rings (SSSR count). The van der Waals surface area contributed by atoms with E-state index in [4.69, 9.17) is 4.42 Å². The van der Waals surface area contributed by atoms with Gasteiger partial charge in [-0.1, -0.05) is 6.58 Å². The van der Waals surface area contributed by atoms with Gasteiger partial charge in [-0.2, -0.15) is 0 Å². The van der Waals surface area contributed by atoms with Crippen LogP contribution in [-0.4, -0.2) is 0 Å². The van der Waals surface area contributed by atoms with E-state index in [9.17, 15) is 0 Å². The average Bonchev–Trinajstić information content (AvgIpc) is 2.13. The third-order valence-corrected chi connectivity index (χ3v) is 1.32. The molecule has 0 aliphatic rings. The Bertz CT molecular complexity index is 220. The first-order valence-corrected chi connectivity index (χ1v) is 2.92. The summed E-state index contributed by atoms with van der Waals surface area (Å²) >= 11 is 0. The quantitative estimate of drug-likeness (QED) is 0.558. The van der Waals surface area contributed by atoms with Crippen molar-refractivity contribution in [1.82, 2.24) is 0 Å². The fourth-order valence-corrected chi connectivity index (χ4v) is 0.828. The molecule has 1 aromatic rings. The zero-order valence-corrected chi connectivity index (χ0v) is 5.77. The van der Waals surface area contributed by atoms with Crippen LogP contribution in [0, 0.1) is 6.92 Å². The van der Waals surface area contributed by atoms with Gasteiger partial charge in [-0.3, -0.25) is 0 Å². The number of furan rings is 1. The van der Waals surface area contributed by atoms with Crippen molar-refractivity contribution in [2.45, 2.75) is 13.8 Å². The Kier molecular flexibility index (Phi) is 1.43. The summed E-state index contributed by atoms with van der Waals surface area (Å²) in [6.07, 6.45) is 1.68. The van der Waals surface area contributed by atoms with Crippen molar-refractivity contribution in [1.29, 1.82) is 0 Å². The van der Waals surface area contributed by atoms with E-state index in [2.05, 4.69) is 6.58 Å². The molecule has 0 atom stereocenters. The number of hydrogen-bond acceptors (Lipinski definition) is 1. The molecule has 0 spiro atoms. The molecule has 0 unspecified atom stereocenters. The number of rotatable bonds is 1. The molecule has 1 nitrogen and oxygen atoms in total. The van der Waals surface area contributed by atoms with Crippen molar-refractivity contribution in [3.05, 3.63) is 30.2 Å². The van der Waals surface area contributed by atoms with Crippen LogP contribution < -0.4 is 0 Å². The molecule has 0 aliphatic heterocycles. The Balaban J connectivity index is 3.08. The first kappa shape index (κ1) is 6.14. The van der Waals surface area contributed by atoms with E-state index >= 15 is 0 Å². The van der Waals surface area contributed by atoms with E-state index in [0.29, 0.717) is 0 Å². The summed E-state index contributed by atoms with van der Waals surface area (Å²) in [6, 6.07) is 1.93. The third-order valence-electron chi connectivity index (χ3n) is 1.32. The number of aryl methyl sites for hydroxylation is 1. The summed E-state index contributed by atoms with van der Waals surface area (Å²) in [5, 5.41) is 0. The van der Waals surface area contributed by atoms with Crippen LogP contribution in [0.1, 0.15) is 18.2 Å². The van der Waals surface area contributed by atoms with E-state index in [1.54, 1.807) is 6.26 Å². The zero-order valence-electron chi connectivity index (χ0n) is 5.77. The summed E-state index contributed by atoms with van der Waals surface area (Å²) in [4.78, 5) is 0. The lowest BCUT2D eigenvalue weighted by Gasteiger charge is -1.92. The maximum Gasteiger partial charge on any atom is 0.108 e. The molecule has 0 fully saturated rings. The number of allylic oxidation sites excluding steroid dienone is 1. The van der Waals surface area contributed by atoms with Gasteiger partial charge in [0.15, 0.2) is 0 Å².